The molecule has 1 aromatic carbocycles. The molecule has 0 aliphatic carbocycles. The van der Waals surface area contributed by atoms with Crippen LogP contribution in [0.15, 0.2) is 29.4 Å². The Morgan fingerprint density at radius 1 is 1.50 bits per heavy atom. The number of ether oxygens (including phenoxy) is 2. The molecule has 2 N–H and O–H groups in total. The fourth-order valence-corrected chi connectivity index (χ4v) is 2.04. The highest BCUT2D eigenvalue weighted by Crippen LogP contribution is 2.10. The summed E-state index contributed by atoms with van der Waals surface area (Å²) in [6, 6.07) is 7.62. The van der Waals surface area contributed by atoms with Gasteiger partial charge in [-0.3, -0.25) is 5.43 Å². The molecule has 1 heterocycles. The highest BCUT2D eigenvalue weighted by molar-refractivity contribution is 7.80. The highest BCUT2D eigenvalue weighted by Gasteiger charge is 2.14. The molecule has 0 radical (unpaired) electrons. The van der Waals surface area contributed by atoms with Gasteiger partial charge < -0.3 is 14.8 Å². The molecule has 1 fully saturated rings. The number of nitrogens with one attached hydrogen (secondary N) is 2. The van der Waals surface area contributed by atoms with Gasteiger partial charge in [-0.05, 0) is 54.9 Å². The molecule has 20 heavy (non-hydrogen) atoms. The van der Waals surface area contributed by atoms with Gasteiger partial charge in [-0.2, -0.15) is 5.10 Å². The van der Waals surface area contributed by atoms with Crippen molar-refractivity contribution in [2.24, 2.45) is 5.10 Å². The zero-order chi connectivity index (χ0) is 14.2. The molecule has 1 atom stereocenters. The SMILES string of the molecule is COc1ccc(C=NNC(=S)NCC2CCCO2)cc1. The van der Waals surface area contributed by atoms with E-state index in [9.17, 15) is 0 Å². The van der Waals surface area contributed by atoms with Gasteiger partial charge in [-0.1, -0.05) is 0 Å². The minimum atomic E-state index is 0.264. The number of hydrazone groups is 1. The standard InChI is InChI=1S/C14H19N3O2S/c1-18-12-6-4-11(5-7-12)9-16-17-14(20)15-10-13-3-2-8-19-13/h4-7,9,13H,2-3,8,10H2,1H3,(H2,15,17,20). The summed E-state index contributed by atoms with van der Waals surface area (Å²) in [5.74, 6) is 0.823. The van der Waals surface area contributed by atoms with Crippen molar-refractivity contribution in [2.45, 2.75) is 18.9 Å². The fourth-order valence-electron chi connectivity index (χ4n) is 1.91. The summed E-state index contributed by atoms with van der Waals surface area (Å²) >= 11 is 5.13. The van der Waals surface area contributed by atoms with Gasteiger partial charge in [0.15, 0.2) is 5.11 Å². The maximum atomic E-state index is 5.50. The van der Waals surface area contributed by atoms with Crippen LogP contribution in [-0.2, 0) is 4.74 Å². The normalized spacial score (nSPS) is 18.1. The Balaban J connectivity index is 1.69. The molecule has 1 aliphatic heterocycles. The Hall–Kier alpha value is -1.66. The van der Waals surface area contributed by atoms with Gasteiger partial charge in [0, 0.05) is 13.2 Å². The van der Waals surface area contributed by atoms with E-state index in [0.29, 0.717) is 5.11 Å². The van der Waals surface area contributed by atoms with Crippen LogP contribution in [-0.4, -0.2) is 37.7 Å². The van der Waals surface area contributed by atoms with E-state index in [1.807, 2.05) is 24.3 Å². The first-order valence-corrected chi connectivity index (χ1v) is 7.01. The second-order valence-electron chi connectivity index (χ2n) is 4.49. The van der Waals surface area contributed by atoms with Gasteiger partial charge in [-0.25, -0.2) is 0 Å². The van der Waals surface area contributed by atoms with Gasteiger partial charge >= 0.3 is 0 Å². The molecule has 1 aromatic rings. The Morgan fingerprint density at radius 2 is 2.30 bits per heavy atom. The Bertz CT molecular complexity index is 456. The summed E-state index contributed by atoms with van der Waals surface area (Å²) in [7, 11) is 1.64. The van der Waals surface area contributed by atoms with Crippen LogP contribution < -0.4 is 15.5 Å². The van der Waals surface area contributed by atoms with E-state index in [-0.39, 0.29) is 6.10 Å². The van der Waals surface area contributed by atoms with Crippen LogP contribution >= 0.6 is 12.2 Å². The third-order valence-electron chi connectivity index (χ3n) is 3.01. The number of methoxy groups -OCH3 is 1. The monoisotopic (exact) mass is 293 g/mol. The highest BCUT2D eigenvalue weighted by atomic mass is 32.1. The van der Waals surface area contributed by atoms with Gasteiger partial charge in [-0.15, -0.1) is 0 Å². The minimum absolute atomic E-state index is 0.264. The first-order valence-electron chi connectivity index (χ1n) is 6.60. The lowest BCUT2D eigenvalue weighted by atomic mass is 10.2. The van der Waals surface area contributed by atoms with E-state index in [4.69, 9.17) is 21.7 Å². The summed E-state index contributed by atoms with van der Waals surface area (Å²) in [6.45, 7) is 1.58. The average molecular weight is 293 g/mol. The van der Waals surface area contributed by atoms with Crippen LogP contribution in [0.1, 0.15) is 18.4 Å². The molecule has 2 rings (SSSR count). The summed E-state index contributed by atoms with van der Waals surface area (Å²) in [5, 5.41) is 7.68. The van der Waals surface area contributed by atoms with Crippen molar-refractivity contribution in [2.75, 3.05) is 20.3 Å². The lowest BCUT2D eigenvalue weighted by Gasteiger charge is -2.11. The lowest BCUT2D eigenvalue weighted by molar-refractivity contribution is 0.114. The van der Waals surface area contributed by atoms with Gasteiger partial charge in [0.1, 0.15) is 5.75 Å². The predicted molar refractivity (Wildman–Crippen MR) is 83.3 cm³/mol. The number of benzene rings is 1. The van der Waals surface area contributed by atoms with Crippen LogP contribution in [0.2, 0.25) is 0 Å². The van der Waals surface area contributed by atoms with Crippen LogP contribution in [0.5, 0.6) is 5.75 Å². The predicted octanol–water partition coefficient (Wildman–Crippen LogP) is 1.67. The van der Waals surface area contributed by atoms with E-state index in [0.717, 1.165) is 37.3 Å². The number of hydrogen-bond acceptors (Lipinski definition) is 4. The quantitative estimate of drug-likeness (QED) is 0.491. The fraction of sp³-hybridized carbons (Fsp3) is 0.429. The Labute approximate surface area is 124 Å². The van der Waals surface area contributed by atoms with Crippen molar-refractivity contribution in [3.8, 4) is 5.75 Å². The molecule has 6 heteroatoms. The molecule has 0 amide bonds. The molecule has 108 valence electrons. The molecule has 1 saturated heterocycles. The zero-order valence-electron chi connectivity index (χ0n) is 11.5. The molecule has 1 unspecified atom stereocenters. The van der Waals surface area contributed by atoms with E-state index < -0.39 is 0 Å². The van der Waals surface area contributed by atoms with Gasteiger partial charge in [0.25, 0.3) is 0 Å². The number of hydrogen-bond donors (Lipinski definition) is 2. The molecular formula is C14H19N3O2S. The topological polar surface area (TPSA) is 54.9 Å². The molecule has 0 aromatic heterocycles. The van der Waals surface area contributed by atoms with Gasteiger partial charge in [0.05, 0.1) is 19.4 Å². The Morgan fingerprint density at radius 3 is 2.95 bits per heavy atom. The molecule has 0 bridgehead atoms. The van der Waals surface area contributed by atoms with Crippen molar-refractivity contribution < 1.29 is 9.47 Å². The third-order valence-corrected chi connectivity index (χ3v) is 3.25. The molecule has 0 saturated carbocycles. The Kier molecular flexibility index (Phi) is 5.76. The van der Waals surface area contributed by atoms with Crippen LogP contribution in [0.4, 0.5) is 0 Å². The van der Waals surface area contributed by atoms with Crippen molar-refractivity contribution in [1.82, 2.24) is 10.7 Å². The van der Waals surface area contributed by atoms with Crippen molar-refractivity contribution in [3.05, 3.63) is 29.8 Å². The molecule has 5 nitrogen and oxygen atoms in total. The summed E-state index contributed by atoms with van der Waals surface area (Å²) in [5.41, 5.74) is 3.76. The average Bonchev–Trinajstić information content (AvgIpc) is 2.99. The smallest absolute Gasteiger partial charge is 0.187 e. The van der Waals surface area contributed by atoms with E-state index >= 15 is 0 Å². The second-order valence-corrected chi connectivity index (χ2v) is 4.90. The zero-order valence-corrected chi connectivity index (χ0v) is 12.3. The summed E-state index contributed by atoms with van der Waals surface area (Å²) in [6.07, 6.45) is 4.19. The first kappa shape index (κ1) is 14.7. The third kappa shape index (κ3) is 4.79. The van der Waals surface area contributed by atoms with E-state index in [1.165, 1.54) is 0 Å². The van der Waals surface area contributed by atoms with Crippen LogP contribution in [0.3, 0.4) is 0 Å². The van der Waals surface area contributed by atoms with Crippen molar-refractivity contribution in [1.29, 1.82) is 0 Å². The van der Waals surface area contributed by atoms with Crippen molar-refractivity contribution >= 4 is 23.5 Å². The van der Waals surface area contributed by atoms with E-state index in [2.05, 4.69) is 15.8 Å². The summed E-state index contributed by atoms with van der Waals surface area (Å²) < 4.78 is 10.6. The molecular weight excluding hydrogens is 274 g/mol. The van der Waals surface area contributed by atoms with Crippen LogP contribution in [0, 0.1) is 0 Å². The number of nitrogens with zero attached hydrogens (tertiary/aromatic N) is 1. The summed E-state index contributed by atoms with van der Waals surface area (Å²) in [4.78, 5) is 0. The number of rotatable bonds is 5. The number of thiocarbonyl (C=S) groups is 1. The molecule has 0 spiro atoms. The maximum absolute atomic E-state index is 5.50. The van der Waals surface area contributed by atoms with Crippen LogP contribution in [0.25, 0.3) is 0 Å². The van der Waals surface area contributed by atoms with E-state index in [1.54, 1.807) is 13.3 Å². The minimum Gasteiger partial charge on any atom is -0.497 e. The van der Waals surface area contributed by atoms with Crippen molar-refractivity contribution in [3.63, 3.8) is 0 Å². The lowest BCUT2D eigenvalue weighted by Crippen LogP contribution is -2.37. The van der Waals surface area contributed by atoms with Gasteiger partial charge in [0.2, 0.25) is 0 Å². The maximum Gasteiger partial charge on any atom is 0.187 e. The first-order chi connectivity index (χ1) is 9.78. The largest absolute Gasteiger partial charge is 0.497 e. The second kappa shape index (κ2) is 7.81. The molecule has 1 aliphatic rings.